The summed E-state index contributed by atoms with van der Waals surface area (Å²) in [6.07, 6.45) is 1.21. The van der Waals surface area contributed by atoms with Crippen LogP contribution in [0.3, 0.4) is 0 Å². The van der Waals surface area contributed by atoms with Crippen molar-refractivity contribution in [1.82, 2.24) is 0 Å². The van der Waals surface area contributed by atoms with Gasteiger partial charge in [0.2, 0.25) is 0 Å². The van der Waals surface area contributed by atoms with Gasteiger partial charge in [-0.15, -0.1) is 0 Å². The van der Waals surface area contributed by atoms with Crippen molar-refractivity contribution in [3.8, 4) is 5.75 Å². The van der Waals surface area contributed by atoms with Gasteiger partial charge in [0.25, 0.3) is 0 Å². The number of halogens is 1. The molecule has 27 heavy (non-hydrogen) atoms. The fourth-order valence-corrected chi connectivity index (χ4v) is 4.70. The molecule has 8 heteroatoms. The molecule has 0 fully saturated rings. The number of hydrogen-bond donors (Lipinski definition) is 4. The molecule has 0 aliphatic rings. The highest BCUT2D eigenvalue weighted by molar-refractivity contribution is 7.99. The van der Waals surface area contributed by atoms with Crippen LogP contribution in [0, 0.1) is 6.92 Å². The van der Waals surface area contributed by atoms with E-state index in [1.54, 1.807) is 13.0 Å². The van der Waals surface area contributed by atoms with Gasteiger partial charge in [-0.25, -0.2) is 0 Å². The van der Waals surface area contributed by atoms with Crippen LogP contribution in [0.4, 0.5) is 0 Å². The Morgan fingerprint density at radius 2 is 1.89 bits per heavy atom. The fourth-order valence-electron chi connectivity index (χ4n) is 2.57. The molecule has 148 valence electrons. The Kier molecular flexibility index (Phi) is 7.42. The van der Waals surface area contributed by atoms with E-state index in [9.17, 15) is 9.67 Å². The smallest absolute Gasteiger partial charge is 0.325 e. The van der Waals surface area contributed by atoms with Crippen LogP contribution < -0.4 is 5.73 Å². The highest BCUT2D eigenvalue weighted by Gasteiger charge is 2.24. The summed E-state index contributed by atoms with van der Waals surface area (Å²) in [7, 11) is -4.04. The molecule has 5 N–H and O–H groups in total. The van der Waals surface area contributed by atoms with Crippen molar-refractivity contribution >= 4 is 31.0 Å². The van der Waals surface area contributed by atoms with Crippen molar-refractivity contribution in [2.45, 2.75) is 48.4 Å². The molecule has 0 saturated heterocycles. The Labute approximate surface area is 169 Å². The summed E-state index contributed by atoms with van der Waals surface area (Å²) in [4.78, 5) is 19.7. The van der Waals surface area contributed by atoms with Crippen LogP contribution in [0.1, 0.15) is 30.9 Å². The molecule has 0 spiro atoms. The lowest BCUT2D eigenvalue weighted by Crippen LogP contribution is -2.37. The van der Waals surface area contributed by atoms with Crippen LogP contribution in [0.25, 0.3) is 0 Å². The molecule has 0 aromatic heterocycles. The summed E-state index contributed by atoms with van der Waals surface area (Å²) >= 11 is 7.84. The van der Waals surface area contributed by atoms with E-state index in [4.69, 9.17) is 27.1 Å². The Morgan fingerprint density at radius 3 is 2.52 bits per heavy atom. The highest BCUT2D eigenvalue weighted by Crippen LogP contribution is 2.38. The number of phenols is 1. The van der Waals surface area contributed by atoms with Crippen molar-refractivity contribution in [1.29, 1.82) is 0 Å². The third-order valence-electron chi connectivity index (χ3n) is 4.31. The quantitative estimate of drug-likeness (QED) is 0.452. The third kappa shape index (κ3) is 7.49. The summed E-state index contributed by atoms with van der Waals surface area (Å²) in [5.41, 5.74) is 7.49. The minimum Gasteiger partial charge on any atom is -0.507 e. The van der Waals surface area contributed by atoms with E-state index >= 15 is 0 Å². The number of hydrogen-bond acceptors (Lipinski definition) is 4. The lowest BCUT2D eigenvalue weighted by molar-refractivity contribution is 0.353. The molecule has 0 amide bonds. The molecule has 0 aliphatic heterocycles. The van der Waals surface area contributed by atoms with Crippen LogP contribution in [0.15, 0.2) is 46.2 Å². The van der Waals surface area contributed by atoms with Crippen LogP contribution in [-0.2, 0) is 11.0 Å². The second kappa shape index (κ2) is 8.99. The van der Waals surface area contributed by atoms with E-state index in [1.807, 2.05) is 37.3 Å². The van der Waals surface area contributed by atoms with Gasteiger partial charge in [0, 0.05) is 15.5 Å². The standard InChI is InChI=1S/C19H25ClNO4PS/c1-13-3-6-17(22)18(11-13)27-15-5-4-14(16(20)12-15)7-8-19(2,21)9-10-26(23,24)25/h3-6,11-12,22H,7-10,21H2,1-2H3,(H2,23,24,25)/t19-/m0/s1. The topological polar surface area (TPSA) is 104 Å². The molecule has 0 aliphatic carbocycles. The summed E-state index contributed by atoms with van der Waals surface area (Å²) in [5, 5.41) is 10.6. The molecule has 0 unspecified atom stereocenters. The number of aromatic hydroxyl groups is 1. The van der Waals surface area contributed by atoms with E-state index in [0.717, 1.165) is 20.9 Å². The first-order valence-electron chi connectivity index (χ1n) is 8.55. The minimum atomic E-state index is -4.04. The van der Waals surface area contributed by atoms with Crippen LogP contribution in [0.5, 0.6) is 5.75 Å². The van der Waals surface area contributed by atoms with Crippen LogP contribution in [0.2, 0.25) is 5.02 Å². The summed E-state index contributed by atoms with van der Waals surface area (Å²) < 4.78 is 11.0. The number of rotatable bonds is 8. The lowest BCUT2D eigenvalue weighted by Gasteiger charge is -2.25. The van der Waals surface area contributed by atoms with E-state index < -0.39 is 13.1 Å². The van der Waals surface area contributed by atoms with E-state index in [-0.39, 0.29) is 18.3 Å². The van der Waals surface area contributed by atoms with Crippen molar-refractivity contribution < 1.29 is 19.5 Å². The van der Waals surface area contributed by atoms with Gasteiger partial charge in [0.15, 0.2) is 0 Å². The summed E-state index contributed by atoms with van der Waals surface area (Å²) in [5.74, 6) is 0.231. The molecule has 0 radical (unpaired) electrons. The van der Waals surface area contributed by atoms with Crippen LogP contribution in [-0.4, -0.2) is 26.6 Å². The first-order chi connectivity index (χ1) is 12.5. The zero-order chi connectivity index (χ0) is 20.2. The molecule has 2 aromatic carbocycles. The SMILES string of the molecule is Cc1ccc(O)c(Sc2ccc(CC[C@](C)(N)CCP(=O)(O)O)c(Cl)c2)c1. The average molecular weight is 430 g/mol. The van der Waals surface area contributed by atoms with Gasteiger partial charge in [-0.2, -0.15) is 0 Å². The Hall–Kier alpha value is -1.01. The van der Waals surface area contributed by atoms with E-state index in [2.05, 4.69) is 0 Å². The zero-order valence-corrected chi connectivity index (χ0v) is 17.8. The average Bonchev–Trinajstić information content (AvgIpc) is 2.55. The number of nitrogens with two attached hydrogens (primary N) is 1. The minimum absolute atomic E-state index is 0.219. The molecule has 0 bridgehead atoms. The molecule has 0 heterocycles. The number of benzene rings is 2. The first-order valence-corrected chi connectivity index (χ1v) is 11.5. The first kappa shape index (κ1) is 22.3. The van der Waals surface area contributed by atoms with Crippen molar-refractivity contribution in [3.63, 3.8) is 0 Å². The largest absolute Gasteiger partial charge is 0.507 e. The summed E-state index contributed by atoms with van der Waals surface area (Å²) in [6.45, 7) is 3.76. The lowest BCUT2D eigenvalue weighted by atomic mass is 9.92. The van der Waals surface area contributed by atoms with Gasteiger partial charge in [-0.05, 0) is 68.5 Å². The molecular formula is C19H25ClNO4PS. The monoisotopic (exact) mass is 429 g/mol. The predicted octanol–water partition coefficient (Wildman–Crippen LogP) is 4.72. The third-order valence-corrected chi connectivity index (χ3v) is 6.50. The van der Waals surface area contributed by atoms with E-state index in [0.29, 0.717) is 17.9 Å². The molecule has 1 atom stereocenters. The molecule has 2 rings (SSSR count). The zero-order valence-electron chi connectivity index (χ0n) is 15.4. The van der Waals surface area contributed by atoms with Gasteiger partial charge < -0.3 is 20.6 Å². The Bertz CT molecular complexity index is 854. The van der Waals surface area contributed by atoms with E-state index in [1.165, 1.54) is 11.8 Å². The van der Waals surface area contributed by atoms with Gasteiger partial charge in [-0.1, -0.05) is 35.5 Å². The van der Waals surface area contributed by atoms with Gasteiger partial charge >= 0.3 is 7.60 Å². The molecular weight excluding hydrogens is 405 g/mol. The fraction of sp³-hybridized carbons (Fsp3) is 0.368. The maximum absolute atomic E-state index is 11.0. The Balaban J connectivity index is 2.02. The van der Waals surface area contributed by atoms with Gasteiger partial charge in [-0.3, -0.25) is 4.57 Å². The maximum Gasteiger partial charge on any atom is 0.325 e. The van der Waals surface area contributed by atoms with Gasteiger partial charge in [0.05, 0.1) is 11.1 Å². The number of aryl methyl sites for hydroxylation is 2. The Morgan fingerprint density at radius 1 is 1.19 bits per heavy atom. The second-order valence-corrected chi connectivity index (χ2v) is 10.4. The van der Waals surface area contributed by atoms with Gasteiger partial charge in [0.1, 0.15) is 5.75 Å². The maximum atomic E-state index is 11.0. The van der Waals surface area contributed by atoms with Crippen molar-refractivity contribution in [2.24, 2.45) is 5.73 Å². The van der Waals surface area contributed by atoms with Crippen molar-refractivity contribution in [3.05, 3.63) is 52.5 Å². The van der Waals surface area contributed by atoms with Crippen molar-refractivity contribution in [2.75, 3.05) is 6.16 Å². The second-order valence-electron chi connectivity index (χ2n) is 7.12. The molecule has 5 nitrogen and oxygen atoms in total. The highest BCUT2D eigenvalue weighted by atomic mass is 35.5. The number of phenolic OH excluding ortho intramolecular Hbond substituents is 1. The summed E-state index contributed by atoms with van der Waals surface area (Å²) in [6, 6.07) is 11.2. The molecule has 0 saturated carbocycles. The normalized spacial score (nSPS) is 14.1. The molecule has 2 aromatic rings. The van der Waals surface area contributed by atoms with Crippen LogP contribution >= 0.6 is 31.0 Å². The predicted molar refractivity (Wildman–Crippen MR) is 111 cm³/mol.